The Morgan fingerprint density at radius 2 is 1.83 bits per heavy atom. The summed E-state index contributed by atoms with van der Waals surface area (Å²) in [6.45, 7) is 8.03. The Bertz CT molecular complexity index is 670. The monoisotopic (exact) mass is 309 g/mol. The topological polar surface area (TPSA) is 21.3 Å². The predicted octanol–water partition coefficient (Wildman–Crippen LogP) is 5.23. The molecule has 2 aromatic carbocycles. The Morgan fingerprint density at radius 3 is 2.48 bits per heavy atom. The van der Waals surface area contributed by atoms with Crippen LogP contribution >= 0.6 is 0 Å². The minimum atomic E-state index is 0.257. The number of nitrogens with one attached hydrogen (secondary N) is 1. The second-order valence-electron chi connectivity index (χ2n) is 7.56. The zero-order valence-electron chi connectivity index (χ0n) is 14.6. The molecule has 0 spiro atoms. The van der Waals surface area contributed by atoms with Gasteiger partial charge in [-0.25, -0.2) is 0 Å². The first-order valence-electron chi connectivity index (χ1n) is 8.47. The molecule has 23 heavy (non-hydrogen) atoms. The largest absolute Gasteiger partial charge is 0.495 e. The molecule has 0 saturated heterocycles. The SMILES string of the molecule is COc1cc(Cc2ccccc2)cc2c1NCCC2C(C)(C)C. The lowest BCUT2D eigenvalue weighted by Crippen LogP contribution is -2.27. The summed E-state index contributed by atoms with van der Waals surface area (Å²) in [6.07, 6.45) is 2.12. The number of anilines is 1. The Balaban J connectivity index is 2.03. The summed E-state index contributed by atoms with van der Waals surface area (Å²) >= 11 is 0. The molecule has 1 aliphatic heterocycles. The zero-order chi connectivity index (χ0) is 16.4. The zero-order valence-corrected chi connectivity index (χ0v) is 14.6. The fraction of sp³-hybridized carbons (Fsp3) is 0.429. The van der Waals surface area contributed by atoms with Gasteiger partial charge in [0.1, 0.15) is 5.75 Å². The van der Waals surface area contributed by atoms with E-state index in [2.05, 4.69) is 68.6 Å². The van der Waals surface area contributed by atoms with E-state index in [1.165, 1.54) is 28.8 Å². The third-order valence-electron chi connectivity index (χ3n) is 4.82. The van der Waals surface area contributed by atoms with Gasteiger partial charge in [-0.2, -0.15) is 0 Å². The van der Waals surface area contributed by atoms with Gasteiger partial charge in [-0.05, 0) is 46.9 Å². The van der Waals surface area contributed by atoms with Crippen molar-refractivity contribution in [2.75, 3.05) is 19.0 Å². The van der Waals surface area contributed by atoms with E-state index < -0.39 is 0 Å². The summed E-state index contributed by atoms with van der Waals surface area (Å²) in [5.41, 5.74) is 5.52. The molecule has 0 aromatic heterocycles. The lowest BCUT2D eigenvalue weighted by molar-refractivity contribution is 0.304. The third kappa shape index (κ3) is 3.36. The van der Waals surface area contributed by atoms with Crippen LogP contribution in [0.2, 0.25) is 0 Å². The van der Waals surface area contributed by atoms with E-state index in [1.807, 2.05) is 0 Å². The van der Waals surface area contributed by atoms with Crippen LogP contribution in [-0.4, -0.2) is 13.7 Å². The van der Waals surface area contributed by atoms with Crippen LogP contribution in [0, 0.1) is 5.41 Å². The second-order valence-corrected chi connectivity index (χ2v) is 7.56. The molecule has 0 radical (unpaired) electrons. The fourth-order valence-corrected chi connectivity index (χ4v) is 3.65. The number of ether oxygens (including phenoxy) is 1. The van der Waals surface area contributed by atoms with Crippen LogP contribution in [0.25, 0.3) is 0 Å². The van der Waals surface area contributed by atoms with Crippen LogP contribution in [0.4, 0.5) is 5.69 Å². The maximum Gasteiger partial charge on any atom is 0.142 e. The Hall–Kier alpha value is -1.96. The van der Waals surface area contributed by atoms with Gasteiger partial charge in [0.25, 0.3) is 0 Å². The third-order valence-corrected chi connectivity index (χ3v) is 4.82. The Morgan fingerprint density at radius 1 is 1.09 bits per heavy atom. The average molecular weight is 309 g/mol. The van der Waals surface area contributed by atoms with E-state index in [1.54, 1.807) is 7.11 Å². The first-order valence-corrected chi connectivity index (χ1v) is 8.47. The lowest BCUT2D eigenvalue weighted by atomic mass is 9.72. The molecular weight excluding hydrogens is 282 g/mol. The first kappa shape index (κ1) is 15.9. The molecule has 0 fully saturated rings. The average Bonchev–Trinajstić information content (AvgIpc) is 2.53. The highest BCUT2D eigenvalue weighted by atomic mass is 16.5. The second kappa shape index (κ2) is 6.27. The minimum absolute atomic E-state index is 0.257. The number of rotatable bonds is 3. The highest BCUT2D eigenvalue weighted by Crippen LogP contribution is 2.47. The molecule has 1 aliphatic rings. The number of fused-ring (bicyclic) bond motifs is 1. The first-order chi connectivity index (χ1) is 11.0. The van der Waals surface area contributed by atoms with Gasteiger partial charge in [0.2, 0.25) is 0 Å². The molecule has 1 heterocycles. The molecule has 1 atom stereocenters. The van der Waals surface area contributed by atoms with Crippen molar-refractivity contribution in [3.05, 3.63) is 59.2 Å². The number of methoxy groups -OCH3 is 1. The van der Waals surface area contributed by atoms with Gasteiger partial charge in [0.15, 0.2) is 0 Å². The number of hydrogen-bond acceptors (Lipinski definition) is 2. The Kier molecular flexibility index (Phi) is 4.34. The molecule has 0 amide bonds. The normalized spacial score (nSPS) is 17.3. The standard InChI is InChI=1S/C21H27NO/c1-21(2,3)18-10-11-22-20-17(18)13-16(14-19(20)23-4)12-15-8-6-5-7-9-15/h5-9,13-14,18,22H,10-12H2,1-4H3. The highest BCUT2D eigenvalue weighted by Gasteiger charge is 2.32. The van der Waals surface area contributed by atoms with Gasteiger partial charge < -0.3 is 10.1 Å². The Labute approximate surface area is 139 Å². The summed E-state index contributed by atoms with van der Waals surface area (Å²) in [6, 6.07) is 15.2. The van der Waals surface area contributed by atoms with E-state index in [0.29, 0.717) is 5.92 Å². The van der Waals surface area contributed by atoms with Crippen molar-refractivity contribution in [1.82, 2.24) is 0 Å². The van der Waals surface area contributed by atoms with Crippen molar-refractivity contribution in [1.29, 1.82) is 0 Å². The van der Waals surface area contributed by atoms with Gasteiger partial charge in [-0.15, -0.1) is 0 Å². The molecule has 2 heteroatoms. The molecule has 2 nitrogen and oxygen atoms in total. The fourth-order valence-electron chi connectivity index (χ4n) is 3.65. The van der Waals surface area contributed by atoms with Crippen molar-refractivity contribution in [2.24, 2.45) is 5.41 Å². The van der Waals surface area contributed by atoms with Crippen LogP contribution in [0.1, 0.15) is 49.8 Å². The molecule has 0 aliphatic carbocycles. The number of hydrogen-bond donors (Lipinski definition) is 1. The number of benzene rings is 2. The van der Waals surface area contributed by atoms with Crippen LogP contribution in [0.15, 0.2) is 42.5 Å². The van der Waals surface area contributed by atoms with E-state index >= 15 is 0 Å². The molecule has 0 saturated carbocycles. The quantitative estimate of drug-likeness (QED) is 0.838. The van der Waals surface area contributed by atoms with Crippen molar-refractivity contribution in [3.8, 4) is 5.75 Å². The van der Waals surface area contributed by atoms with E-state index in [0.717, 1.165) is 18.7 Å². The van der Waals surface area contributed by atoms with Crippen molar-refractivity contribution < 1.29 is 4.74 Å². The molecule has 122 valence electrons. The molecule has 0 bridgehead atoms. The van der Waals surface area contributed by atoms with Gasteiger partial charge >= 0.3 is 0 Å². The van der Waals surface area contributed by atoms with Crippen LogP contribution in [-0.2, 0) is 6.42 Å². The predicted molar refractivity (Wildman–Crippen MR) is 97.5 cm³/mol. The van der Waals surface area contributed by atoms with Gasteiger partial charge in [-0.3, -0.25) is 0 Å². The van der Waals surface area contributed by atoms with Crippen LogP contribution in [0.3, 0.4) is 0 Å². The van der Waals surface area contributed by atoms with Crippen LogP contribution < -0.4 is 10.1 Å². The summed E-state index contributed by atoms with van der Waals surface area (Å²) < 4.78 is 5.69. The van der Waals surface area contributed by atoms with Crippen molar-refractivity contribution >= 4 is 5.69 Å². The van der Waals surface area contributed by atoms with E-state index in [9.17, 15) is 0 Å². The maximum atomic E-state index is 5.69. The summed E-state index contributed by atoms with van der Waals surface area (Å²) in [5, 5.41) is 3.55. The van der Waals surface area contributed by atoms with Gasteiger partial charge in [0, 0.05) is 6.54 Å². The summed E-state index contributed by atoms with van der Waals surface area (Å²) in [5.74, 6) is 1.53. The minimum Gasteiger partial charge on any atom is -0.495 e. The molecule has 2 aromatic rings. The van der Waals surface area contributed by atoms with E-state index in [-0.39, 0.29) is 5.41 Å². The van der Waals surface area contributed by atoms with Crippen molar-refractivity contribution in [3.63, 3.8) is 0 Å². The van der Waals surface area contributed by atoms with Crippen molar-refractivity contribution in [2.45, 2.75) is 39.5 Å². The molecule has 1 unspecified atom stereocenters. The smallest absolute Gasteiger partial charge is 0.142 e. The summed E-state index contributed by atoms with van der Waals surface area (Å²) in [7, 11) is 1.77. The van der Waals surface area contributed by atoms with Gasteiger partial charge in [-0.1, -0.05) is 57.2 Å². The van der Waals surface area contributed by atoms with E-state index in [4.69, 9.17) is 4.74 Å². The molecule has 3 rings (SSSR count). The summed E-state index contributed by atoms with van der Waals surface area (Å²) in [4.78, 5) is 0. The van der Waals surface area contributed by atoms with Crippen LogP contribution in [0.5, 0.6) is 5.75 Å². The lowest BCUT2D eigenvalue weighted by Gasteiger charge is -2.37. The molecular formula is C21H27NO. The van der Waals surface area contributed by atoms with Gasteiger partial charge in [0.05, 0.1) is 12.8 Å². The highest BCUT2D eigenvalue weighted by molar-refractivity contribution is 5.66. The maximum absolute atomic E-state index is 5.69. The molecule has 1 N–H and O–H groups in total.